The molecule has 0 bridgehead atoms. The maximum absolute atomic E-state index is 5.10. The fraction of sp³-hybridized carbons (Fsp3) is 0.222. The minimum atomic E-state index is 0.729. The molecule has 0 fully saturated rings. The molecule has 2 nitrogen and oxygen atoms in total. The third-order valence-corrected chi connectivity index (χ3v) is 1.72. The predicted molar refractivity (Wildman–Crippen MR) is 43.0 cm³/mol. The molecule has 1 aromatic rings. The van der Waals surface area contributed by atoms with Crippen LogP contribution in [0, 0.1) is 6.92 Å². The number of aromatic nitrogens is 1. The summed E-state index contributed by atoms with van der Waals surface area (Å²) < 4.78 is 5.10. The number of aryl methyl sites for hydroxylation is 1. The molecule has 11 heavy (non-hydrogen) atoms. The lowest BCUT2D eigenvalue weighted by atomic mass is 10.2. The van der Waals surface area contributed by atoms with Gasteiger partial charge in [0.05, 0.1) is 0 Å². The minimum Gasteiger partial charge on any atom is -0.449 e. The molecule has 1 aliphatic rings. The molecule has 0 atom stereocenters. The lowest BCUT2D eigenvalue weighted by Crippen LogP contribution is -1.79. The molecule has 0 aliphatic heterocycles. The van der Waals surface area contributed by atoms with Crippen LogP contribution in [0.2, 0.25) is 0 Å². The molecule has 0 amide bonds. The molecule has 1 heterocycles. The van der Waals surface area contributed by atoms with Crippen molar-refractivity contribution in [1.82, 2.24) is 4.98 Å². The molecular formula is C9H9NO. The molecule has 0 saturated heterocycles. The van der Waals surface area contributed by atoms with Gasteiger partial charge in [-0.05, 0) is 12.0 Å². The molecule has 0 radical (unpaired) electrons. The van der Waals surface area contributed by atoms with Crippen LogP contribution in [0.15, 0.2) is 28.9 Å². The smallest absolute Gasteiger partial charge is 0.191 e. The normalized spacial score (nSPS) is 15.5. The van der Waals surface area contributed by atoms with Crippen LogP contribution < -0.4 is 0 Å². The van der Waals surface area contributed by atoms with Crippen LogP contribution in [0.25, 0.3) is 5.57 Å². The van der Waals surface area contributed by atoms with Gasteiger partial charge in [0.2, 0.25) is 0 Å². The molecule has 2 rings (SSSR count). The van der Waals surface area contributed by atoms with Gasteiger partial charge in [-0.2, -0.15) is 0 Å². The van der Waals surface area contributed by atoms with Gasteiger partial charge in [0.1, 0.15) is 12.0 Å². The van der Waals surface area contributed by atoms with Crippen molar-refractivity contribution in [3.63, 3.8) is 0 Å². The second-order valence-electron chi connectivity index (χ2n) is 2.58. The highest BCUT2D eigenvalue weighted by Gasteiger charge is 2.06. The molecule has 1 aliphatic carbocycles. The number of hydrogen-bond acceptors (Lipinski definition) is 2. The summed E-state index contributed by atoms with van der Waals surface area (Å²) in [6, 6.07) is 0. The molecule has 1 aromatic heterocycles. The van der Waals surface area contributed by atoms with Gasteiger partial charge in [0, 0.05) is 6.92 Å². The molecule has 56 valence electrons. The van der Waals surface area contributed by atoms with Crippen LogP contribution in [-0.4, -0.2) is 4.98 Å². The Morgan fingerprint density at radius 3 is 3.00 bits per heavy atom. The molecule has 0 saturated carbocycles. The lowest BCUT2D eigenvalue weighted by molar-refractivity contribution is 0.521. The molecular weight excluding hydrogens is 138 g/mol. The van der Waals surface area contributed by atoms with Gasteiger partial charge in [-0.25, -0.2) is 4.98 Å². The van der Waals surface area contributed by atoms with E-state index in [0.29, 0.717) is 0 Å². The first-order chi connectivity index (χ1) is 5.36. The Morgan fingerprint density at radius 1 is 1.55 bits per heavy atom. The van der Waals surface area contributed by atoms with E-state index in [-0.39, 0.29) is 0 Å². The maximum atomic E-state index is 5.10. The van der Waals surface area contributed by atoms with E-state index >= 15 is 0 Å². The van der Waals surface area contributed by atoms with Crippen LogP contribution in [0.5, 0.6) is 0 Å². The van der Waals surface area contributed by atoms with Crippen molar-refractivity contribution < 1.29 is 4.42 Å². The minimum absolute atomic E-state index is 0.729. The van der Waals surface area contributed by atoms with E-state index in [9.17, 15) is 0 Å². The van der Waals surface area contributed by atoms with Crippen molar-refractivity contribution in [2.24, 2.45) is 0 Å². The van der Waals surface area contributed by atoms with Crippen LogP contribution in [-0.2, 0) is 0 Å². The summed E-state index contributed by atoms with van der Waals surface area (Å²) in [5.41, 5.74) is 2.20. The van der Waals surface area contributed by atoms with Gasteiger partial charge in [-0.1, -0.05) is 18.2 Å². The highest BCUT2D eigenvalue weighted by molar-refractivity contribution is 5.67. The highest BCUT2D eigenvalue weighted by Crippen LogP contribution is 2.21. The summed E-state index contributed by atoms with van der Waals surface area (Å²) in [5.74, 6) is 0.729. The number of allylic oxidation sites excluding steroid dienone is 4. The molecule has 0 spiro atoms. The monoisotopic (exact) mass is 147 g/mol. The van der Waals surface area contributed by atoms with Gasteiger partial charge in [0.15, 0.2) is 5.89 Å². The molecule has 2 heteroatoms. The number of nitrogens with zero attached hydrogens (tertiary/aromatic N) is 1. The van der Waals surface area contributed by atoms with E-state index < -0.39 is 0 Å². The first kappa shape index (κ1) is 6.40. The topological polar surface area (TPSA) is 26.0 Å². The maximum Gasteiger partial charge on any atom is 0.191 e. The van der Waals surface area contributed by atoms with Crippen molar-refractivity contribution in [3.05, 3.63) is 36.1 Å². The van der Waals surface area contributed by atoms with E-state index in [0.717, 1.165) is 18.0 Å². The Bertz CT molecular complexity index is 320. The average Bonchev–Trinajstić information content (AvgIpc) is 2.55. The highest BCUT2D eigenvalue weighted by atomic mass is 16.3. The van der Waals surface area contributed by atoms with Gasteiger partial charge < -0.3 is 4.42 Å². The summed E-state index contributed by atoms with van der Waals surface area (Å²) >= 11 is 0. The zero-order chi connectivity index (χ0) is 7.68. The van der Waals surface area contributed by atoms with E-state index in [1.54, 1.807) is 6.26 Å². The summed E-state index contributed by atoms with van der Waals surface area (Å²) in [7, 11) is 0. The second-order valence-corrected chi connectivity index (χ2v) is 2.58. The molecule has 0 N–H and O–H groups in total. The van der Waals surface area contributed by atoms with Gasteiger partial charge in [-0.15, -0.1) is 0 Å². The van der Waals surface area contributed by atoms with Crippen LogP contribution in [0.3, 0.4) is 0 Å². The Labute approximate surface area is 65.2 Å². The lowest BCUT2D eigenvalue weighted by Gasteiger charge is -1.90. The van der Waals surface area contributed by atoms with E-state index in [1.165, 1.54) is 5.57 Å². The third kappa shape index (κ3) is 1.11. The average molecular weight is 147 g/mol. The number of hydrogen-bond donors (Lipinski definition) is 0. The standard InChI is InChI=1S/C9H9NO/c1-7-10-9(6-11-7)8-4-2-3-5-8/h2-4,6H,5H2,1H3. The van der Waals surface area contributed by atoms with E-state index in [1.807, 2.05) is 13.0 Å². The van der Waals surface area contributed by atoms with Crippen molar-refractivity contribution in [2.75, 3.05) is 0 Å². The number of rotatable bonds is 1. The van der Waals surface area contributed by atoms with Crippen molar-refractivity contribution in [3.8, 4) is 0 Å². The van der Waals surface area contributed by atoms with Crippen molar-refractivity contribution in [1.29, 1.82) is 0 Å². The summed E-state index contributed by atoms with van der Waals surface area (Å²) in [6.45, 7) is 1.85. The Kier molecular flexibility index (Phi) is 1.39. The second kappa shape index (κ2) is 2.38. The van der Waals surface area contributed by atoms with E-state index in [4.69, 9.17) is 4.42 Å². The predicted octanol–water partition coefficient (Wildman–Crippen LogP) is 2.33. The van der Waals surface area contributed by atoms with Crippen molar-refractivity contribution in [2.45, 2.75) is 13.3 Å². The quantitative estimate of drug-likeness (QED) is 0.609. The summed E-state index contributed by atoms with van der Waals surface area (Å²) in [5, 5.41) is 0. The van der Waals surface area contributed by atoms with Gasteiger partial charge in [0.25, 0.3) is 0 Å². The van der Waals surface area contributed by atoms with Crippen LogP contribution in [0.1, 0.15) is 18.0 Å². The Hall–Kier alpha value is -1.31. The third-order valence-electron chi connectivity index (χ3n) is 1.72. The number of oxazole rings is 1. The zero-order valence-electron chi connectivity index (χ0n) is 6.37. The van der Waals surface area contributed by atoms with Crippen LogP contribution >= 0.6 is 0 Å². The largest absolute Gasteiger partial charge is 0.449 e. The van der Waals surface area contributed by atoms with Gasteiger partial charge >= 0.3 is 0 Å². The summed E-state index contributed by atoms with van der Waals surface area (Å²) in [4.78, 5) is 4.22. The van der Waals surface area contributed by atoms with Crippen LogP contribution in [0.4, 0.5) is 0 Å². The first-order valence-electron chi connectivity index (χ1n) is 3.64. The van der Waals surface area contributed by atoms with E-state index in [2.05, 4.69) is 17.1 Å². The van der Waals surface area contributed by atoms with Crippen molar-refractivity contribution >= 4 is 5.57 Å². The first-order valence-corrected chi connectivity index (χ1v) is 3.64. The SMILES string of the molecule is Cc1nc(C2=CC=CC2)co1. The fourth-order valence-electron chi connectivity index (χ4n) is 1.15. The molecule has 0 aromatic carbocycles. The Morgan fingerprint density at radius 2 is 2.45 bits per heavy atom. The summed E-state index contributed by atoms with van der Waals surface area (Å²) in [6.07, 6.45) is 8.90. The fourth-order valence-corrected chi connectivity index (χ4v) is 1.15. The Balaban J connectivity index is 2.30. The molecule has 0 unspecified atom stereocenters. The van der Waals surface area contributed by atoms with Gasteiger partial charge in [-0.3, -0.25) is 0 Å². The zero-order valence-corrected chi connectivity index (χ0v) is 6.37.